The third-order valence-corrected chi connectivity index (χ3v) is 3.57. The second-order valence-corrected chi connectivity index (χ2v) is 5.37. The maximum Gasteiger partial charge on any atom is 0.332 e. The number of carboxylic acids is 1. The fourth-order valence-corrected chi connectivity index (χ4v) is 2.22. The number of benzene rings is 1. The van der Waals surface area contributed by atoms with Crippen molar-refractivity contribution in [3.63, 3.8) is 0 Å². The van der Waals surface area contributed by atoms with E-state index in [9.17, 15) is 4.79 Å². The molecular formula is C15H20N2O8. The first-order valence-corrected chi connectivity index (χ1v) is 7.86. The van der Waals surface area contributed by atoms with Crippen LogP contribution < -0.4 is 10.5 Å². The minimum Gasteiger partial charge on any atom is -0.479 e. The summed E-state index contributed by atoms with van der Waals surface area (Å²) < 4.78 is 10.8. The van der Waals surface area contributed by atoms with Gasteiger partial charge in [-0.3, -0.25) is 9.68 Å². The predicted molar refractivity (Wildman–Crippen MR) is 80.3 cm³/mol. The molecule has 0 saturated carbocycles. The monoisotopic (exact) mass is 356 g/mol. The standard InChI is InChI=1S/C15H20N2O8/c1-10(14(18)19)20-8-9-21-15-11-4-2-3-5-12(11)24-17(25-15)13-6-7-22-16-23-13/h2-5,10,13,15-16H,6-9H2,1H3,(H,18,19). The van der Waals surface area contributed by atoms with Crippen LogP contribution in [0, 0.1) is 0 Å². The number of nitrogens with zero attached hydrogens (tertiary/aromatic N) is 1. The van der Waals surface area contributed by atoms with Crippen LogP contribution in [0.25, 0.3) is 0 Å². The quantitative estimate of drug-likeness (QED) is 0.685. The smallest absolute Gasteiger partial charge is 0.332 e. The molecule has 1 fully saturated rings. The third kappa shape index (κ3) is 4.64. The van der Waals surface area contributed by atoms with Gasteiger partial charge in [0.15, 0.2) is 18.1 Å². The highest BCUT2D eigenvalue weighted by molar-refractivity contribution is 5.71. The Hall–Kier alpha value is -1.79. The van der Waals surface area contributed by atoms with E-state index in [4.69, 9.17) is 33.9 Å². The second kappa shape index (κ2) is 8.54. The Labute approximate surface area is 143 Å². The van der Waals surface area contributed by atoms with E-state index >= 15 is 0 Å². The average molecular weight is 356 g/mol. The van der Waals surface area contributed by atoms with E-state index in [-0.39, 0.29) is 13.2 Å². The van der Waals surface area contributed by atoms with Crippen LogP contribution in [0.15, 0.2) is 24.3 Å². The van der Waals surface area contributed by atoms with Crippen molar-refractivity contribution < 1.29 is 38.7 Å². The van der Waals surface area contributed by atoms with Gasteiger partial charge in [-0.15, -0.1) is 0 Å². The number of hydrogen-bond donors (Lipinski definition) is 2. The van der Waals surface area contributed by atoms with Gasteiger partial charge >= 0.3 is 5.97 Å². The Morgan fingerprint density at radius 3 is 3.04 bits per heavy atom. The van der Waals surface area contributed by atoms with Crippen LogP contribution in [0.2, 0.25) is 0 Å². The van der Waals surface area contributed by atoms with Gasteiger partial charge in [-0.2, -0.15) is 0 Å². The molecule has 2 aliphatic rings. The molecule has 2 N–H and O–H groups in total. The SMILES string of the molecule is CC(OCCOC1ON(C2CCONO2)Oc2ccccc21)C(=O)O. The molecule has 2 heterocycles. The van der Waals surface area contributed by atoms with Crippen molar-refractivity contribution in [2.45, 2.75) is 32.0 Å². The van der Waals surface area contributed by atoms with Gasteiger partial charge in [-0.05, 0) is 13.0 Å². The molecule has 3 rings (SSSR count). The summed E-state index contributed by atoms with van der Waals surface area (Å²) in [5, 5.41) is 10.0. The molecule has 1 aromatic carbocycles. The summed E-state index contributed by atoms with van der Waals surface area (Å²) in [5.41, 5.74) is 3.04. The van der Waals surface area contributed by atoms with E-state index in [0.29, 0.717) is 24.3 Å². The zero-order valence-electron chi connectivity index (χ0n) is 13.6. The first-order valence-electron chi connectivity index (χ1n) is 7.86. The Kier molecular flexibility index (Phi) is 6.15. The lowest BCUT2D eigenvalue weighted by molar-refractivity contribution is -0.467. The van der Waals surface area contributed by atoms with Gasteiger partial charge < -0.3 is 19.4 Å². The molecule has 138 valence electrons. The molecule has 1 saturated heterocycles. The Morgan fingerprint density at radius 2 is 2.28 bits per heavy atom. The molecule has 1 aromatic rings. The summed E-state index contributed by atoms with van der Waals surface area (Å²) in [6.45, 7) is 2.16. The summed E-state index contributed by atoms with van der Waals surface area (Å²) >= 11 is 0. The van der Waals surface area contributed by atoms with Crippen molar-refractivity contribution >= 4 is 5.97 Å². The van der Waals surface area contributed by atoms with Gasteiger partial charge in [0.25, 0.3) is 0 Å². The second-order valence-electron chi connectivity index (χ2n) is 5.37. The number of rotatable bonds is 7. The number of hydroxylamine groups is 2. The van der Waals surface area contributed by atoms with Gasteiger partial charge in [0.1, 0.15) is 0 Å². The molecule has 10 nitrogen and oxygen atoms in total. The van der Waals surface area contributed by atoms with Crippen LogP contribution in [0.3, 0.4) is 0 Å². The number of fused-ring (bicyclic) bond motifs is 1. The highest BCUT2D eigenvalue weighted by Gasteiger charge is 2.35. The summed E-state index contributed by atoms with van der Waals surface area (Å²) in [7, 11) is 0. The van der Waals surface area contributed by atoms with Crippen molar-refractivity contribution in [3.05, 3.63) is 29.8 Å². The molecule has 3 unspecified atom stereocenters. The lowest BCUT2D eigenvalue weighted by Gasteiger charge is -2.37. The molecule has 0 aromatic heterocycles. The molecule has 25 heavy (non-hydrogen) atoms. The van der Waals surface area contributed by atoms with Crippen molar-refractivity contribution in [1.82, 2.24) is 10.9 Å². The Bertz CT molecular complexity index is 580. The maximum atomic E-state index is 10.7. The van der Waals surface area contributed by atoms with E-state index in [0.717, 1.165) is 0 Å². The largest absolute Gasteiger partial charge is 0.479 e. The molecular weight excluding hydrogens is 336 g/mol. The number of ether oxygens (including phenoxy) is 2. The highest BCUT2D eigenvalue weighted by atomic mass is 17.0. The highest BCUT2D eigenvalue weighted by Crippen LogP contribution is 2.35. The third-order valence-electron chi connectivity index (χ3n) is 3.57. The van der Waals surface area contributed by atoms with Crippen LogP contribution in [0.5, 0.6) is 5.75 Å². The van der Waals surface area contributed by atoms with E-state index in [2.05, 4.69) is 5.64 Å². The van der Waals surface area contributed by atoms with Gasteiger partial charge in [0, 0.05) is 11.6 Å². The normalized spacial score (nSPS) is 25.0. The van der Waals surface area contributed by atoms with Crippen LogP contribution in [-0.2, 0) is 28.8 Å². The van der Waals surface area contributed by atoms with E-state index in [1.807, 2.05) is 18.2 Å². The molecule has 0 bridgehead atoms. The van der Waals surface area contributed by atoms with E-state index in [1.54, 1.807) is 6.07 Å². The Balaban J connectivity index is 1.59. The summed E-state index contributed by atoms with van der Waals surface area (Å²) in [4.78, 5) is 32.2. The topological polar surface area (TPSA) is 108 Å². The van der Waals surface area contributed by atoms with Crippen molar-refractivity contribution in [2.75, 3.05) is 19.8 Å². The van der Waals surface area contributed by atoms with E-state index in [1.165, 1.54) is 12.2 Å². The van der Waals surface area contributed by atoms with Crippen LogP contribution in [0.1, 0.15) is 25.2 Å². The average Bonchev–Trinajstić information content (AvgIpc) is 2.65. The minimum atomic E-state index is -1.02. The molecule has 0 amide bonds. The van der Waals surface area contributed by atoms with Crippen LogP contribution in [-0.4, -0.2) is 48.5 Å². The zero-order valence-corrected chi connectivity index (χ0v) is 13.6. The van der Waals surface area contributed by atoms with Gasteiger partial charge in [-0.1, -0.05) is 23.8 Å². The van der Waals surface area contributed by atoms with E-state index < -0.39 is 24.6 Å². The predicted octanol–water partition coefficient (Wildman–Crippen LogP) is 0.915. The lowest BCUT2D eigenvalue weighted by Crippen LogP contribution is -2.49. The summed E-state index contributed by atoms with van der Waals surface area (Å²) in [5.74, 6) is -0.448. The fourth-order valence-electron chi connectivity index (χ4n) is 2.22. The number of hydrogen-bond acceptors (Lipinski definition) is 9. The first-order chi connectivity index (χ1) is 12.1. The number of aliphatic carboxylic acids is 1. The number of para-hydroxylation sites is 1. The van der Waals surface area contributed by atoms with Gasteiger partial charge in [0.2, 0.25) is 6.29 Å². The molecule has 3 atom stereocenters. The van der Waals surface area contributed by atoms with Crippen LogP contribution >= 0.6 is 0 Å². The number of carbonyl (C=O) groups is 1. The van der Waals surface area contributed by atoms with Crippen molar-refractivity contribution in [3.8, 4) is 5.75 Å². The van der Waals surface area contributed by atoms with Crippen molar-refractivity contribution in [2.24, 2.45) is 0 Å². The molecule has 10 heteroatoms. The molecule has 0 aliphatic carbocycles. The fraction of sp³-hybridized carbons (Fsp3) is 0.533. The molecule has 0 spiro atoms. The van der Waals surface area contributed by atoms with Crippen LogP contribution in [0.4, 0.5) is 0 Å². The molecule has 0 radical (unpaired) electrons. The van der Waals surface area contributed by atoms with Gasteiger partial charge in [0.05, 0.1) is 25.4 Å². The minimum absolute atomic E-state index is 0.117. The Morgan fingerprint density at radius 1 is 1.44 bits per heavy atom. The summed E-state index contributed by atoms with van der Waals surface area (Å²) in [6, 6.07) is 7.28. The number of nitrogens with one attached hydrogen (secondary N) is 1. The molecule has 2 aliphatic heterocycles. The zero-order chi connectivity index (χ0) is 17.6. The first kappa shape index (κ1) is 18.0. The number of carboxylic acid groups (broad SMARTS) is 1. The van der Waals surface area contributed by atoms with Gasteiger partial charge in [-0.25, -0.2) is 9.63 Å². The van der Waals surface area contributed by atoms with Crippen molar-refractivity contribution in [1.29, 1.82) is 0 Å². The lowest BCUT2D eigenvalue weighted by atomic mass is 10.2. The maximum absolute atomic E-state index is 10.7. The summed E-state index contributed by atoms with van der Waals surface area (Å²) in [6.07, 6.45) is -1.62.